The van der Waals surface area contributed by atoms with E-state index >= 15 is 0 Å². The van der Waals surface area contributed by atoms with Crippen molar-refractivity contribution in [2.24, 2.45) is 10.9 Å². The molecule has 0 atom stereocenters. The Hall–Kier alpha value is -0.830. The smallest absolute Gasteiger partial charge is 0.357 e. The highest BCUT2D eigenvalue weighted by Gasteiger charge is 2.50. The highest BCUT2D eigenvalue weighted by Crippen LogP contribution is 2.30. The molecule has 1 heterocycles. The molecule has 0 unspecified atom stereocenters. The summed E-state index contributed by atoms with van der Waals surface area (Å²) in [5, 5.41) is 8.90. The first-order valence-electron chi connectivity index (χ1n) is 9.01. The van der Waals surface area contributed by atoms with Gasteiger partial charge in [0, 0.05) is 32.2 Å². The molecule has 1 amide bonds. The lowest BCUT2D eigenvalue weighted by atomic mass is 9.98. The molecule has 13 heteroatoms. The lowest BCUT2D eigenvalue weighted by Crippen LogP contribution is -2.47. The lowest BCUT2D eigenvalue weighted by molar-refractivity contribution is -0.119. The van der Waals surface area contributed by atoms with Crippen LogP contribution in [-0.2, 0) is 14.8 Å². The molecule has 0 spiro atoms. The van der Waals surface area contributed by atoms with Gasteiger partial charge in [-0.15, -0.1) is 24.0 Å². The van der Waals surface area contributed by atoms with Crippen LogP contribution >= 0.6 is 24.0 Å². The molecule has 3 N–H and O–H groups in total. The van der Waals surface area contributed by atoms with Gasteiger partial charge in [0.25, 0.3) is 0 Å². The van der Waals surface area contributed by atoms with Crippen LogP contribution in [0.4, 0.5) is 13.2 Å². The number of aliphatic imine (C=N–C) groups is 1. The van der Waals surface area contributed by atoms with E-state index < -0.39 is 15.5 Å². The van der Waals surface area contributed by atoms with E-state index in [4.69, 9.17) is 0 Å². The molecule has 0 aromatic heterocycles. The van der Waals surface area contributed by atoms with Crippen molar-refractivity contribution in [2.75, 3.05) is 32.7 Å². The van der Waals surface area contributed by atoms with Crippen LogP contribution in [0.25, 0.3) is 0 Å². The summed E-state index contributed by atoms with van der Waals surface area (Å²) >= 11 is 0. The molecule has 2 aliphatic rings. The molecule has 8 nitrogen and oxygen atoms in total. The molecule has 1 saturated heterocycles. The van der Waals surface area contributed by atoms with E-state index in [1.54, 1.807) is 0 Å². The summed E-state index contributed by atoms with van der Waals surface area (Å²) in [5.74, 6) is 0.322. The number of amides is 1. The maximum atomic E-state index is 12.6. The molecule has 0 aromatic rings. The number of piperidine rings is 1. The van der Waals surface area contributed by atoms with E-state index in [2.05, 4.69) is 20.9 Å². The highest BCUT2D eigenvalue weighted by atomic mass is 127. The zero-order valence-corrected chi connectivity index (χ0v) is 18.7. The Labute approximate surface area is 180 Å². The third-order valence-corrected chi connectivity index (χ3v) is 6.06. The van der Waals surface area contributed by atoms with E-state index in [1.165, 1.54) is 0 Å². The van der Waals surface area contributed by atoms with Crippen molar-refractivity contribution >= 4 is 45.9 Å². The zero-order valence-electron chi connectivity index (χ0n) is 15.6. The molecule has 1 saturated carbocycles. The van der Waals surface area contributed by atoms with Crippen LogP contribution < -0.4 is 16.0 Å². The molecule has 2 fully saturated rings. The summed E-state index contributed by atoms with van der Waals surface area (Å²) in [7, 11) is -5.25. The predicted octanol–water partition coefficient (Wildman–Crippen LogP) is 1.000. The van der Waals surface area contributed by atoms with Gasteiger partial charge in [0.1, 0.15) is 6.54 Å². The average Bonchev–Trinajstić information content (AvgIpc) is 3.40. The Balaban J connectivity index is 0.00000392. The second-order valence-electron chi connectivity index (χ2n) is 6.71. The number of halogens is 4. The fourth-order valence-corrected chi connectivity index (χ4v) is 3.72. The summed E-state index contributed by atoms with van der Waals surface area (Å²) in [6.07, 6.45) is 2.64. The summed E-state index contributed by atoms with van der Waals surface area (Å²) in [4.78, 5) is 15.9. The predicted molar refractivity (Wildman–Crippen MR) is 110 cm³/mol. The van der Waals surface area contributed by atoms with Crippen molar-refractivity contribution in [3.63, 3.8) is 0 Å². The van der Waals surface area contributed by atoms with Crippen LogP contribution in [0.3, 0.4) is 0 Å². The fraction of sp³-hybridized carbons (Fsp3) is 0.867. The second-order valence-corrected chi connectivity index (χ2v) is 8.64. The number of rotatable bonds is 7. The normalized spacial score (nSPS) is 19.6. The Morgan fingerprint density at radius 2 is 1.75 bits per heavy atom. The maximum absolute atomic E-state index is 12.6. The quantitative estimate of drug-likeness (QED) is 0.254. The van der Waals surface area contributed by atoms with Gasteiger partial charge in [-0.1, -0.05) is 0 Å². The SMILES string of the molecule is CCNC(=NCC(=O)NC1CC1)NCC1CCN(S(=O)(=O)C(F)(F)F)CC1.I. The summed E-state index contributed by atoms with van der Waals surface area (Å²) in [6.45, 7) is 2.59. The van der Waals surface area contributed by atoms with Crippen LogP contribution in [0.2, 0.25) is 0 Å². The first-order chi connectivity index (χ1) is 12.6. The molecule has 1 aliphatic heterocycles. The van der Waals surface area contributed by atoms with Gasteiger partial charge in [-0.2, -0.15) is 17.5 Å². The molecule has 1 aliphatic carbocycles. The fourth-order valence-electron chi connectivity index (χ4n) is 2.73. The van der Waals surface area contributed by atoms with E-state index in [-0.39, 0.29) is 61.5 Å². The van der Waals surface area contributed by atoms with Crippen LogP contribution in [0.15, 0.2) is 4.99 Å². The van der Waals surface area contributed by atoms with Crippen LogP contribution in [0.5, 0.6) is 0 Å². The number of nitrogens with zero attached hydrogens (tertiary/aromatic N) is 2. The number of hydrogen-bond donors (Lipinski definition) is 3. The Morgan fingerprint density at radius 1 is 1.14 bits per heavy atom. The van der Waals surface area contributed by atoms with Crippen molar-refractivity contribution < 1.29 is 26.4 Å². The molecule has 2 rings (SSSR count). The van der Waals surface area contributed by atoms with E-state index in [9.17, 15) is 26.4 Å². The monoisotopic (exact) mass is 541 g/mol. The van der Waals surface area contributed by atoms with Crippen molar-refractivity contribution in [1.29, 1.82) is 0 Å². The minimum Gasteiger partial charge on any atom is -0.357 e. The number of hydrogen-bond acceptors (Lipinski definition) is 4. The van der Waals surface area contributed by atoms with Crippen LogP contribution in [-0.4, -0.2) is 68.9 Å². The van der Waals surface area contributed by atoms with Crippen LogP contribution in [0, 0.1) is 5.92 Å². The zero-order chi connectivity index (χ0) is 20.1. The first kappa shape index (κ1) is 25.2. The number of guanidine groups is 1. The number of sulfonamides is 1. The largest absolute Gasteiger partial charge is 0.511 e. The lowest BCUT2D eigenvalue weighted by Gasteiger charge is -2.31. The summed E-state index contributed by atoms with van der Waals surface area (Å²) in [6, 6.07) is 0.265. The van der Waals surface area contributed by atoms with Gasteiger partial charge in [0.05, 0.1) is 0 Å². The third kappa shape index (κ3) is 7.54. The molecule has 28 heavy (non-hydrogen) atoms. The van der Waals surface area contributed by atoms with Gasteiger partial charge in [-0.3, -0.25) is 4.79 Å². The number of carbonyl (C=O) groups is 1. The van der Waals surface area contributed by atoms with Crippen LogP contribution in [0.1, 0.15) is 32.6 Å². The van der Waals surface area contributed by atoms with E-state index in [1.807, 2.05) is 6.92 Å². The van der Waals surface area contributed by atoms with Crippen molar-refractivity contribution in [3.05, 3.63) is 0 Å². The van der Waals surface area contributed by atoms with Crippen molar-refractivity contribution in [3.8, 4) is 0 Å². The Bertz CT molecular complexity index is 648. The van der Waals surface area contributed by atoms with Crippen molar-refractivity contribution in [1.82, 2.24) is 20.3 Å². The van der Waals surface area contributed by atoms with E-state index in [0.717, 1.165) is 12.8 Å². The minimum absolute atomic E-state index is 0. The topological polar surface area (TPSA) is 103 Å². The summed E-state index contributed by atoms with van der Waals surface area (Å²) < 4.78 is 61.1. The Kier molecular flexibility index (Phi) is 9.73. The minimum atomic E-state index is -5.26. The molecule has 0 radical (unpaired) electrons. The number of carbonyl (C=O) groups excluding carboxylic acids is 1. The maximum Gasteiger partial charge on any atom is 0.511 e. The third-order valence-electron chi connectivity index (χ3n) is 4.43. The van der Waals surface area contributed by atoms with Crippen molar-refractivity contribution in [2.45, 2.75) is 44.2 Å². The first-order valence-corrected chi connectivity index (χ1v) is 10.5. The molecule has 0 aromatic carbocycles. The van der Waals surface area contributed by atoms with Gasteiger partial charge in [-0.25, -0.2) is 13.4 Å². The standard InChI is InChI=1S/C15H26F3N5O3S.HI/c1-2-19-14(21-10-13(24)22-12-3-4-12)20-9-11-5-7-23(8-6-11)27(25,26)15(16,17)18;/h11-12H,2-10H2,1H3,(H,22,24)(H2,19,20,21);1H. The van der Waals surface area contributed by atoms with Gasteiger partial charge < -0.3 is 16.0 Å². The molecular weight excluding hydrogens is 514 g/mol. The van der Waals surface area contributed by atoms with Gasteiger partial charge in [0.2, 0.25) is 5.91 Å². The van der Waals surface area contributed by atoms with Gasteiger partial charge >= 0.3 is 15.5 Å². The summed E-state index contributed by atoms with van der Waals surface area (Å²) in [5.41, 5.74) is -5.26. The Morgan fingerprint density at radius 3 is 2.25 bits per heavy atom. The second kappa shape index (κ2) is 10.8. The van der Waals surface area contributed by atoms with Gasteiger partial charge in [0.15, 0.2) is 5.96 Å². The molecule has 0 bridgehead atoms. The highest BCUT2D eigenvalue weighted by molar-refractivity contribution is 14.0. The average molecular weight is 541 g/mol. The number of alkyl halides is 3. The molecular formula is C15H27F3IN5O3S. The van der Waals surface area contributed by atoms with E-state index in [0.29, 0.717) is 36.2 Å². The number of nitrogens with one attached hydrogen (secondary N) is 3. The van der Waals surface area contributed by atoms with Gasteiger partial charge in [-0.05, 0) is 38.5 Å². The molecule has 164 valence electrons.